The number of rotatable bonds is 7. The van der Waals surface area contributed by atoms with Crippen molar-refractivity contribution < 1.29 is 9.72 Å². The summed E-state index contributed by atoms with van der Waals surface area (Å²) in [4.78, 5) is 25.0. The first-order valence-corrected chi connectivity index (χ1v) is 7.27. The molecule has 0 spiro atoms. The quantitative estimate of drug-likeness (QED) is 0.475. The molecule has 1 aromatic rings. The number of unbranched alkanes of at least 4 members (excludes halogenated alkanes) is 1. The topological polar surface area (TPSA) is 89.5 Å². The summed E-state index contributed by atoms with van der Waals surface area (Å²) < 4.78 is 0. The van der Waals surface area contributed by atoms with Crippen LogP contribution in [0.5, 0.6) is 0 Å². The van der Waals surface area contributed by atoms with Gasteiger partial charge < -0.3 is 10.6 Å². The van der Waals surface area contributed by atoms with Crippen molar-refractivity contribution in [3.63, 3.8) is 0 Å². The molecule has 1 rings (SSSR count). The Labute approximate surface area is 125 Å². The lowest BCUT2D eigenvalue weighted by molar-refractivity contribution is -0.384. The minimum Gasteiger partial charge on any atom is -0.393 e. The number of hydrogen-bond donors (Lipinski definition) is 1. The number of benzene rings is 1. The number of nitrogen functional groups attached to an aromatic ring is 1. The summed E-state index contributed by atoms with van der Waals surface area (Å²) in [5, 5.41) is 11.2. The number of amides is 1. The van der Waals surface area contributed by atoms with Gasteiger partial charge in [0.05, 0.1) is 4.92 Å². The lowest BCUT2D eigenvalue weighted by Gasteiger charge is -2.28. The molecule has 0 radical (unpaired) electrons. The van der Waals surface area contributed by atoms with Crippen molar-refractivity contribution >= 4 is 17.3 Å². The standard InChI is InChI=1S/C15H23N3O3/c1-4-6-10-17(11(3)5-2)15(19)12-8-7-9-13(16)14(12)18(20)21/h7-9,11H,4-6,10,16H2,1-3H3. The fraction of sp³-hybridized carbons (Fsp3) is 0.533. The van der Waals surface area contributed by atoms with Crippen LogP contribution in [0.3, 0.4) is 0 Å². The molecule has 1 atom stereocenters. The van der Waals surface area contributed by atoms with E-state index in [-0.39, 0.29) is 28.9 Å². The van der Waals surface area contributed by atoms with E-state index in [9.17, 15) is 14.9 Å². The van der Waals surface area contributed by atoms with E-state index in [0.29, 0.717) is 6.54 Å². The molecule has 1 amide bonds. The van der Waals surface area contributed by atoms with Crippen LogP contribution in [0.15, 0.2) is 18.2 Å². The Morgan fingerprint density at radius 3 is 2.62 bits per heavy atom. The molecule has 0 aliphatic carbocycles. The molecule has 0 heterocycles. The molecule has 6 heteroatoms. The second-order valence-electron chi connectivity index (χ2n) is 5.11. The van der Waals surface area contributed by atoms with Crippen LogP contribution in [0.2, 0.25) is 0 Å². The average molecular weight is 293 g/mol. The van der Waals surface area contributed by atoms with Gasteiger partial charge in [-0.1, -0.05) is 26.3 Å². The maximum atomic E-state index is 12.7. The van der Waals surface area contributed by atoms with Crippen molar-refractivity contribution in [2.45, 2.75) is 46.1 Å². The molecule has 0 aliphatic rings. The number of anilines is 1. The number of nitro groups is 1. The number of carbonyl (C=O) groups excluding carboxylic acids is 1. The van der Waals surface area contributed by atoms with Crippen LogP contribution < -0.4 is 5.73 Å². The number of nitro benzene ring substituents is 1. The Morgan fingerprint density at radius 1 is 1.43 bits per heavy atom. The zero-order valence-electron chi connectivity index (χ0n) is 12.8. The van der Waals surface area contributed by atoms with Gasteiger partial charge in [-0.25, -0.2) is 0 Å². The lowest BCUT2D eigenvalue weighted by atomic mass is 10.1. The van der Waals surface area contributed by atoms with E-state index in [0.717, 1.165) is 19.3 Å². The largest absolute Gasteiger partial charge is 0.393 e. The van der Waals surface area contributed by atoms with Gasteiger partial charge in [0.25, 0.3) is 5.91 Å². The number of hydrogen-bond acceptors (Lipinski definition) is 4. The Hall–Kier alpha value is -2.11. The number of carbonyl (C=O) groups is 1. The van der Waals surface area contributed by atoms with E-state index in [2.05, 4.69) is 0 Å². The minimum atomic E-state index is -0.586. The van der Waals surface area contributed by atoms with Crippen LogP contribution in [0.25, 0.3) is 0 Å². The molecule has 1 aromatic carbocycles. The van der Waals surface area contributed by atoms with Crippen molar-refractivity contribution in [2.24, 2.45) is 0 Å². The molecule has 6 nitrogen and oxygen atoms in total. The van der Waals surface area contributed by atoms with Gasteiger partial charge in [-0.05, 0) is 31.9 Å². The maximum absolute atomic E-state index is 12.7. The number of para-hydroxylation sites is 1. The second-order valence-corrected chi connectivity index (χ2v) is 5.11. The third-order valence-electron chi connectivity index (χ3n) is 3.62. The molecule has 0 aliphatic heterocycles. The van der Waals surface area contributed by atoms with Crippen molar-refractivity contribution in [3.8, 4) is 0 Å². The van der Waals surface area contributed by atoms with Gasteiger partial charge in [0.2, 0.25) is 0 Å². The normalized spacial score (nSPS) is 12.0. The van der Waals surface area contributed by atoms with Gasteiger partial charge in [-0.15, -0.1) is 0 Å². The fourth-order valence-electron chi connectivity index (χ4n) is 2.16. The highest BCUT2D eigenvalue weighted by atomic mass is 16.6. The van der Waals surface area contributed by atoms with Crippen LogP contribution in [0, 0.1) is 10.1 Å². The highest BCUT2D eigenvalue weighted by Crippen LogP contribution is 2.27. The van der Waals surface area contributed by atoms with Crippen molar-refractivity contribution in [1.29, 1.82) is 0 Å². The first-order chi connectivity index (χ1) is 9.93. The molecule has 0 saturated heterocycles. The zero-order chi connectivity index (χ0) is 16.0. The van der Waals surface area contributed by atoms with Gasteiger partial charge in [-0.3, -0.25) is 14.9 Å². The molecule has 0 fully saturated rings. The number of nitrogens with zero attached hydrogens (tertiary/aromatic N) is 2. The van der Waals surface area contributed by atoms with Gasteiger partial charge >= 0.3 is 5.69 Å². The van der Waals surface area contributed by atoms with Crippen LogP contribution in [0.4, 0.5) is 11.4 Å². The smallest absolute Gasteiger partial charge is 0.304 e. The molecule has 116 valence electrons. The fourth-order valence-corrected chi connectivity index (χ4v) is 2.16. The van der Waals surface area contributed by atoms with Crippen molar-refractivity contribution in [1.82, 2.24) is 4.90 Å². The van der Waals surface area contributed by atoms with Gasteiger partial charge in [0.1, 0.15) is 11.3 Å². The first-order valence-electron chi connectivity index (χ1n) is 7.27. The second kappa shape index (κ2) is 7.61. The summed E-state index contributed by atoms with van der Waals surface area (Å²) in [6, 6.07) is 4.52. The molecule has 0 saturated carbocycles. The molecular weight excluding hydrogens is 270 g/mol. The van der Waals surface area contributed by atoms with E-state index in [1.165, 1.54) is 12.1 Å². The molecule has 0 bridgehead atoms. The summed E-state index contributed by atoms with van der Waals surface area (Å²) in [5.74, 6) is -0.322. The highest BCUT2D eigenvalue weighted by Gasteiger charge is 2.28. The van der Waals surface area contributed by atoms with Crippen LogP contribution in [-0.2, 0) is 0 Å². The van der Waals surface area contributed by atoms with Crippen LogP contribution >= 0.6 is 0 Å². The minimum absolute atomic E-state index is 0.0189. The predicted molar refractivity (Wildman–Crippen MR) is 83.2 cm³/mol. The molecule has 2 N–H and O–H groups in total. The molecular formula is C15H23N3O3. The molecule has 1 unspecified atom stereocenters. The lowest BCUT2D eigenvalue weighted by Crippen LogP contribution is -2.39. The Balaban J connectivity index is 3.20. The number of nitrogens with two attached hydrogens (primary N) is 1. The summed E-state index contributed by atoms with van der Waals surface area (Å²) in [7, 11) is 0. The first kappa shape index (κ1) is 16.9. The van der Waals surface area contributed by atoms with Crippen LogP contribution in [0.1, 0.15) is 50.4 Å². The SMILES string of the molecule is CCCCN(C(=O)c1cccc(N)c1[N+](=O)[O-])C(C)CC. The van der Waals surface area contributed by atoms with Crippen LogP contribution in [-0.4, -0.2) is 28.3 Å². The molecule has 0 aromatic heterocycles. The third-order valence-corrected chi connectivity index (χ3v) is 3.62. The maximum Gasteiger partial charge on any atom is 0.304 e. The van der Waals surface area contributed by atoms with Crippen molar-refractivity contribution in [3.05, 3.63) is 33.9 Å². The van der Waals surface area contributed by atoms with E-state index >= 15 is 0 Å². The summed E-state index contributed by atoms with van der Waals surface area (Å²) in [5.41, 5.74) is 5.44. The summed E-state index contributed by atoms with van der Waals surface area (Å²) >= 11 is 0. The summed E-state index contributed by atoms with van der Waals surface area (Å²) in [6.45, 7) is 6.58. The Morgan fingerprint density at radius 2 is 2.10 bits per heavy atom. The van der Waals surface area contributed by atoms with E-state index < -0.39 is 4.92 Å². The zero-order valence-corrected chi connectivity index (χ0v) is 12.8. The monoisotopic (exact) mass is 293 g/mol. The van der Waals surface area contributed by atoms with Gasteiger partial charge in [0, 0.05) is 12.6 Å². The summed E-state index contributed by atoms with van der Waals surface area (Å²) in [6.07, 6.45) is 2.62. The van der Waals surface area contributed by atoms with E-state index in [4.69, 9.17) is 5.73 Å². The van der Waals surface area contributed by atoms with E-state index in [1.807, 2.05) is 20.8 Å². The van der Waals surface area contributed by atoms with Gasteiger partial charge in [-0.2, -0.15) is 0 Å². The Kier molecular flexibility index (Phi) is 6.14. The molecule has 21 heavy (non-hydrogen) atoms. The highest BCUT2D eigenvalue weighted by molar-refractivity contribution is 6.00. The predicted octanol–water partition coefficient (Wildman–Crippen LogP) is 3.22. The van der Waals surface area contributed by atoms with Crippen molar-refractivity contribution in [2.75, 3.05) is 12.3 Å². The third kappa shape index (κ3) is 3.93. The Bertz CT molecular complexity index is 517. The average Bonchev–Trinajstić information content (AvgIpc) is 2.46. The van der Waals surface area contributed by atoms with E-state index in [1.54, 1.807) is 11.0 Å². The van der Waals surface area contributed by atoms with Gasteiger partial charge in [0.15, 0.2) is 0 Å².